The smallest absolute Gasteiger partial charge is 0.310 e. The van der Waals surface area contributed by atoms with Gasteiger partial charge in [-0.2, -0.15) is 0 Å². The van der Waals surface area contributed by atoms with Gasteiger partial charge in [0.1, 0.15) is 6.29 Å². The summed E-state index contributed by atoms with van der Waals surface area (Å²) in [5.74, 6) is 5.57. The van der Waals surface area contributed by atoms with Crippen molar-refractivity contribution in [3.05, 3.63) is 33.9 Å². The molecule has 17 heavy (non-hydrogen) atoms. The number of hydrogen-bond donors (Lipinski definition) is 0. The molecule has 88 valence electrons. The lowest BCUT2D eigenvalue weighted by Crippen LogP contribution is -2.00. The first-order valence-electron chi connectivity index (χ1n) is 4.95. The Morgan fingerprint density at radius 1 is 1.53 bits per heavy atom. The van der Waals surface area contributed by atoms with Crippen molar-refractivity contribution in [2.24, 2.45) is 0 Å². The van der Waals surface area contributed by atoms with Gasteiger partial charge in [-0.15, -0.1) is 11.8 Å². The van der Waals surface area contributed by atoms with E-state index in [4.69, 9.17) is 4.74 Å². The third-order valence-electron chi connectivity index (χ3n) is 1.98. The van der Waals surface area contributed by atoms with Crippen LogP contribution in [0.2, 0.25) is 0 Å². The van der Waals surface area contributed by atoms with Crippen LogP contribution >= 0.6 is 0 Å². The lowest BCUT2D eigenvalue weighted by Gasteiger charge is -2.05. The van der Waals surface area contributed by atoms with Crippen LogP contribution in [0.5, 0.6) is 5.75 Å². The second-order valence-corrected chi connectivity index (χ2v) is 3.13. The van der Waals surface area contributed by atoms with Gasteiger partial charge in [-0.3, -0.25) is 14.9 Å². The minimum atomic E-state index is -0.546. The van der Waals surface area contributed by atoms with E-state index < -0.39 is 4.92 Å². The average molecular weight is 233 g/mol. The summed E-state index contributed by atoms with van der Waals surface area (Å²) in [6, 6.07) is 3.99. The standard InChI is InChI=1S/C12H11NO4/c1-2-3-4-7-17-12-8-10(9-14)5-6-11(12)13(15)16/h5-6,8-9H,4,7H2,1H3. The van der Waals surface area contributed by atoms with Crippen molar-refractivity contribution in [3.63, 3.8) is 0 Å². The molecule has 0 spiro atoms. The predicted octanol–water partition coefficient (Wildman–Crippen LogP) is 2.20. The second-order valence-electron chi connectivity index (χ2n) is 3.13. The van der Waals surface area contributed by atoms with E-state index in [-0.39, 0.29) is 18.0 Å². The highest BCUT2D eigenvalue weighted by Gasteiger charge is 2.15. The number of carbonyl (C=O) groups excluding carboxylic acids is 1. The Labute approximate surface area is 98.5 Å². The number of rotatable bonds is 5. The summed E-state index contributed by atoms with van der Waals surface area (Å²) in [7, 11) is 0. The summed E-state index contributed by atoms with van der Waals surface area (Å²) in [6.45, 7) is 1.96. The van der Waals surface area contributed by atoms with E-state index in [1.165, 1.54) is 18.2 Å². The van der Waals surface area contributed by atoms with E-state index in [1.54, 1.807) is 6.92 Å². The zero-order valence-electron chi connectivity index (χ0n) is 9.30. The van der Waals surface area contributed by atoms with Crippen LogP contribution in [0.4, 0.5) is 5.69 Å². The summed E-state index contributed by atoms with van der Waals surface area (Å²) in [6.07, 6.45) is 1.10. The Morgan fingerprint density at radius 2 is 2.29 bits per heavy atom. The largest absolute Gasteiger partial charge is 0.486 e. The zero-order valence-corrected chi connectivity index (χ0v) is 9.30. The summed E-state index contributed by atoms with van der Waals surface area (Å²) in [5, 5.41) is 10.7. The number of nitrogens with zero attached hydrogens (tertiary/aromatic N) is 1. The van der Waals surface area contributed by atoms with Gasteiger partial charge in [0.15, 0.2) is 5.75 Å². The number of nitro benzene ring substituents is 1. The molecule has 0 saturated carbocycles. The van der Waals surface area contributed by atoms with Gasteiger partial charge in [0.25, 0.3) is 0 Å². The van der Waals surface area contributed by atoms with E-state index in [1.807, 2.05) is 0 Å². The first-order valence-corrected chi connectivity index (χ1v) is 4.95. The highest BCUT2D eigenvalue weighted by molar-refractivity contribution is 5.76. The van der Waals surface area contributed by atoms with Crippen molar-refractivity contribution in [2.45, 2.75) is 13.3 Å². The van der Waals surface area contributed by atoms with Crippen molar-refractivity contribution in [1.29, 1.82) is 0 Å². The number of benzene rings is 1. The average Bonchev–Trinajstić information content (AvgIpc) is 2.34. The first-order chi connectivity index (χ1) is 8.19. The molecule has 0 atom stereocenters. The van der Waals surface area contributed by atoms with E-state index in [2.05, 4.69) is 11.8 Å². The minimum absolute atomic E-state index is 0.0949. The van der Waals surface area contributed by atoms with Crippen LogP contribution in [0.1, 0.15) is 23.7 Å². The quantitative estimate of drug-likeness (QED) is 0.257. The Morgan fingerprint density at radius 3 is 2.88 bits per heavy atom. The summed E-state index contributed by atoms with van der Waals surface area (Å²) in [5.41, 5.74) is 0.187. The molecule has 0 amide bonds. The molecule has 0 radical (unpaired) electrons. The van der Waals surface area contributed by atoms with Gasteiger partial charge in [0, 0.05) is 18.1 Å². The summed E-state index contributed by atoms with van der Waals surface area (Å²) >= 11 is 0. The molecule has 5 nitrogen and oxygen atoms in total. The number of ether oxygens (including phenoxy) is 1. The highest BCUT2D eigenvalue weighted by Crippen LogP contribution is 2.27. The van der Waals surface area contributed by atoms with Crippen LogP contribution in [-0.2, 0) is 0 Å². The molecule has 0 unspecified atom stereocenters. The molecule has 5 heteroatoms. The molecule has 1 aromatic rings. The lowest BCUT2D eigenvalue weighted by atomic mass is 10.2. The predicted molar refractivity (Wildman–Crippen MR) is 62.0 cm³/mol. The molecule has 0 aliphatic rings. The van der Waals surface area contributed by atoms with Gasteiger partial charge in [0.2, 0.25) is 0 Å². The fourth-order valence-corrected chi connectivity index (χ4v) is 1.21. The molecule has 0 heterocycles. The van der Waals surface area contributed by atoms with E-state index in [0.29, 0.717) is 18.3 Å². The van der Waals surface area contributed by atoms with Crippen LogP contribution in [0.25, 0.3) is 0 Å². The molecule has 0 bridgehead atoms. The van der Waals surface area contributed by atoms with Gasteiger partial charge in [-0.05, 0) is 19.1 Å². The van der Waals surface area contributed by atoms with Crippen LogP contribution in [0.3, 0.4) is 0 Å². The zero-order chi connectivity index (χ0) is 12.7. The SMILES string of the molecule is CC#CCCOc1cc(C=O)ccc1[N+](=O)[O-]. The molecule has 0 fully saturated rings. The second kappa shape index (κ2) is 6.28. The Bertz CT molecular complexity index is 485. The molecule has 1 rings (SSSR count). The fraction of sp³-hybridized carbons (Fsp3) is 0.250. The van der Waals surface area contributed by atoms with Crippen molar-refractivity contribution < 1.29 is 14.5 Å². The monoisotopic (exact) mass is 233 g/mol. The van der Waals surface area contributed by atoms with Crippen molar-refractivity contribution in [1.82, 2.24) is 0 Å². The van der Waals surface area contributed by atoms with Gasteiger partial charge in [-0.25, -0.2) is 0 Å². The number of nitro groups is 1. The summed E-state index contributed by atoms with van der Waals surface area (Å²) < 4.78 is 5.24. The summed E-state index contributed by atoms with van der Waals surface area (Å²) in [4.78, 5) is 20.7. The number of carbonyl (C=O) groups is 1. The topological polar surface area (TPSA) is 69.4 Å². The van der Waals surface area contributed by atoms with E-state index in [9.17, 15) is 14.9 Å². The number of hydrogen-bond acceptors (Lipinski definition) is 4. The van der Waals surface area contributed by atoms with Crippen LogP contribution in [0, 0.1) is 22.0 Å². The van der Waals surface area contributed by atoms with Crippen LogP contribution in [0.15, 0.2) is 18.2 Å². The maximum absolute atomic E-state index is 10.7. The third kappa shape index (κ3) is 3.61. The molecule has 0 aliphatic heterocycles. The van der Waals surface area contributed by atoms with Gasteiger partial charge < -0.3 is 4.74 Å². The molecular weight excluding hydrogens is 222 g/mol. The maximum Gasteiger partial charge on any atom is 0.310 e. The normalized spacial score (nSPS) is 9.00. The molecule has 0 N–H and O–H groups in total. The molecule has 0 saturated heterocycles. The molecular formula is C12H11NO4. The first kappa shape index (κ1) is 12.7. The lowest BCUT2D eigenvalue weighted by molar-refractivity contribution is -0.385. The number of aldehydes is 1. The van der Waals surface area contributed by atoms with Crippen LogP contribution < -0.4 is 4.74 Å². The van der Waals surface area contributed by atoms with Crippen LogP contribution in [-0.4, -0.2) is 17.8 Å². The Hall–Kier alpha value is -2.35. The molecule has 1 aromatic carbocycles. The van der Waals surface area contributed by atoms with E-state index in [0.717, 1.165) is 0 Å². The molecule has 0 aliphatic carbocycles. The Balaban J connectivity index is 2.87. The maximum atomic E-state index is 10.7. The van der Waals surface area contributed by atoms with Gasteiger partial charge in [0.05, 0.1) is 11.5 Å². The Kier molecular flexibility index (Phi) is 4.70. The minimum Gasteiger partial charge on any atom is -0.486 e. The fourth-order valence-electron chi connectivity index (χ4n) is 1.21. The molecule has 0 aromatic heterocycles. The third-order valence-corrected chi connectivity index (χ3v) is 1.98. The van der Waals surface area contributed by atoms with Crippen molar-refractivity contribution in [2.75, 3.05) is 6.61 Å². The highest BCUT2D eigenvalue weighted by atomic mass is 16.6. The van der Waals surface area contributed by atoms with Crippen molar-refractivity contribution >= 4 is 12.0 Å². The van der Waals surface area contributed by atoms with Crippen molar-refractivity contribution in [3.8, 4) is 17.6 Å². The van der Waals surface area contributed by atoms with Gasteiger partial charge >= 0.3 is 5.69 Å². The van der Waals surface area contributed by atoms with Gasteiger partial charge in [-0.1, -0.05) is 0 Å². The van der Waals surface area contributed by atoms with E-state index >= 15 is 0 Å².